The first-order valence-electron chi connectivity index (χ1n) is 12.3. The summed E-state index contributed by atoms with van der Waals surface area (Å²) < 4.78 is 5.38. The zero-order valence-electron chi connectivity index (χ0n) is 19.9. The SMILES string of the molecule is O=C(CCCC[C@@H]1SC[C@@H]2NC(=O)N[C@@H]21)Cc1ccc(Nc2nc(Cl)nc(N3CCOCC3)n2)cc1. The van der Waals surface area contributed by atoms with Gasteiger partial charge in [0, 0.05) is 42.6 Å². The van der Waals surface area contributed by atoms with E-state index in [1.54, 1.807) is 0 Å². The summed E-state index contributed by atoms with van der Waals surface area (Å²) in [5.41, 5.74) is 1.78. The number of ether oxygens (including phenoxy) is 1. The van der Waals surface area contributed by atoms with Crippen LogP contribution in [0.5, 0.6) is 0 Å². The van der Waals surface area contributed by atoms with E-state index in [0.717, 1.165) is 36.3 Å². The summed E-state index contributed by atoms with van der Waals surface area (Å²) in [7, 11) is 0. The average molecular weight is 532 g/mol. The van der Waals surface area contributed by atoms with Gasteiger partial charge in [0.1, 0.15) is 5.78 Å². The molecule has 1 aromatic heterocycles. The predicted octanol–water partition coefficient (Wildman–Crippen LogP) is 2.94. The van der Waals surface area contributed by atoms with Gasteiger partial charge in [0.2, 0.25) is 17.2 Å². The summed E-state index contributed by atoms with van der Waals surface area (Å²) >= 11 is 8.03. The molecule has 12 heteroatoms. The van der Waals surface area contributed by atoms with E-state index in [-0.39, 0.29) is 29.2 Å². The lowest BCUT2D eigenvalue weighted by Gasteiger charge is -2.26. The van der Waals surface area contributed by atoms with Crippen LogP contribution in [-0.4, -0.2) is 76.2 Å². The first-order valence-corrected chi connectivity index (χ1v) is 13.8. The maximum absolute atomic E-state index is 12.5. The van der Waals surface area contributed by atoms with E-state index in [1.165, 1.54) is 0 Å². The predicted molar refractivity (Wildman–Crippen MR) is 140 cm³/mol. The number of morpholine rings is 1. The van der Waals surface area contributed by atoms with Gasteiger partial charge in [-0.05, 0) is 42.1 Å². The van der Waals surface area contributed by atoms with Gasteiger partial charge in [-0.2, -0.15) is 26.7 Å². The van der Waals surface area contributed by atoms with Crippen molar-refractivity contribution in [3.05, 3.63) is 35.1 Å². The van der Waals surface area contributed by atoms with E-state index in [2.05, 4.69) is 30.9 Å². The fraction of sp³-hybridized carbons (Fsp3) is 0.542. The van der Waals surface area contributed by atoms with Crippen molar-refractivity contribution >= 4 is 52.8 Å². The van der Waals surface area contributed by atoms with Crippen molar-refractivity contribution in [2.75, 3.05) is 42.3 Å². The topological polar surface area (TPSA) is 121 Å². The van der Waals surface area contributed by atoms with Crippen LogP contribution in [0.15, 0.2) is 24.3 Å². The van der Waals surface area contributed by atoms with Crippen LogP contribution in [0, 0.1) is 0 Å². The third kappa shape index (κ3) is 6.37. The summed E-state index contributed by atoms with van der Waals surface area (Å²) in [5, 5.41) is 9.73. The Kier molecular flexibility index (Phi) is 8.08. The fourth-order valence-electron chi connectivity index (χ4n) is 4.76. The van der Waals surface area contributed by atoms with Gasteiger partial charge in [-0.1, -0.05) is 18.6 Å². The van der Waals surface area contributed by atoms with Crippen molar-refractivity contribution in [3.63, 3.8) is 0 Å². The number of carbonyl (C=O) groups is 2. The lowest BCUT2D eigenvalue weighted by Crippen LogP contribution is -2.37. The molecule has 0 bridgehead atoms. The highest BCUT2D eigenvalue weighted by Gasteiger charge is 2.42. The standard InChI is InChI=1S/C24H30ClN7O3S/c25-21-29-22(31-23(30-21)32-9-11-35-12-10-32)26-16-7-5-15(6-8-16)13-17(33)3-1-2-4-19-20-18(14-36-19)27-24(34)28-20/h5-8,18-20H,1-4,9-14H2,(H2,27,28,34)(H,26,29,30,31)/t18-,19-,20-/m0/s1. The number of urea groups is 1. The lowest BCUT2D eigenvalue weighted by molar-refractivity contribution is -0.118. The number of nitrogens with zero attached hydrogens (tertiary/aromatic N) is 4. The number of hydrogen-bond donors (Lipinski definition) is 3. The van der Waals surface area contributed by atoms with Crippen molar-refractivity contribution in [1.82, 2.24) is 25.6 Å². The molecule has 3 aliphatic rings. The molecule has 2 aromatic rings. The van der Waals surface area contributed by atoms with Gasteiger partial charge in [-0.15, -0.1) is 0 Å². The zero-order valence-corrected chi connectivity index (χ0v) is 21.5. The number of benzene rings is 1. The number of aromatic nitrogens is 3. The smallest absolute Gasteiger partial charge is 0.315 e. The summed E-state index contributed by atoms with van der Waals surface area (Å²) in [5.74, 6) is 2.11. The Balaban J connectivity index is 1.06. The molecule has 3 fully saturated rings. The van der Waals surface area contributed by atoms with Gasteiger partial charge in [-0.25, -0.2) is 4.79 Å². The van der Waals surface area contributed by atoms with E-state index >= 15 is 0 Å². The van der Waals surface area contributed by atoms with Crippen LogP contribution in [0.2, 0.25) is 5.28 Å². The summed E-state index contributed by atoms with van der Waals surface area (Å²) in [6.45, 7) is 2.67. The Morgan fingerprint density at radius 3 is 2.75 bits per heavy atom. The number of fused-ring (bicyclic) bond motifs is 1. The number of amides is 2. The fourth-order valence-corrected chi connectivity index (χ4v) is 6.46. The molecule has 10 nitrogen and oxygen atoms in total. The molecule has 0 radical (unpaired) electrons. The largest absolute Gasteiger partial charge is 0.378 e. The van der Waals surface area contributed by atoms with Gasteiger partial charge in [0.05, 0.1) is 25.3 Å². The monoisotopic (exact) mass is 531 g/mol. The number of rotatable bonds is 10. The van der Waals surface area contributed by atoms with E-state index in [0.29, 0.717) is 56.3 Å². The molecule has 36 heavy (non-hydrogen) atoms. The summed E-state index contributed by atoms with van der Waals surface area (Å²) in [4.78, 5) is 38.9. The quantitative estimate of drug-likeness (QED) is 0.314. The first kappa shape index (κ1) is 25.0. The maximum atomic E-state index is 12.5. The van der Waals surface area contributed by atoms with Crippen LogP contribution in [0.1, 0.15) is 31.2 Å². The van der Waals surface area contributed by atoms with E-state index in [1.807, 2.05) is 40.9 Å². The van der Waals surface area contributed by atoms with Crippen molar-refractivity contribution < 1.29 is 14.3 Å². The number of hydrogen-bond acceptors (Lipinski definition) is 9. The summed E-state index contributed by atoms with van der Waals surface area (Å²) in [6, 6.07) is 8.12. The molecule has 5 rings (SSSR count). The normalized spacial score (nSPS) is 23.2. The molecule has 0 unspecified atom stereocenters. The lowest BCUT2D eigenvalue weighted by atomic mass is 10.0. The molecule has 192 valence electrons. The molecule has 4 heterocycles. The number of thioether (sulfide) groups is 1. The van der Waals surface area contributed by atoms with Crippen molar-refractivity contribution in [1.29, 1.82) is 0 Å². The molecular weight excluding hydrogens is 502 g/mol. The molecule has 3 saturated heterocycles. The van der Waals surface area contributed by atoms with Gasteiger partial charge < -0.3 is 25.6 Å². The highest BCUT2D eigenvalue weighted by atomic mass is 35.5. The molecule has 2 amide bonds. The number of halogens is 1. The number of nitrogens with one attached hydrogen (secondary N) is 3. The second kappa shape index (κ2) is 11.6. The van der Waals surface area contributed by atoms with Gasteiger partial charge >= 0.3 is 6.03 Å². The Labute approximate surface area is 219 Å². The number of unbranched alkanes of at least 4 members (excludes halogenated alkanes) is 1. The minimum atomic E-state index is -0.0541. The number of carbonyl (C=O) groups excluding carboxylic acids is 2. The van der Waals surface area contributed by atoms with Crippen LogP contribution in [0.25, 0.3) is 0 Å². The summed E-state index contributed by atoms with van der Waals surface area (Å²) in [6.07, 6.45) is 3.88. The average Bonchev–Trinajstić information content (AvgIpc) is 3.42. The molecule has 0 spiro atoms. The highest BCUT2D eigenvalue weighted by Crippen LogP contribution is 2.33. The van der Waals surface area contributed by atoms with Crippen LogP contribution in [-0.2, 0) is 16.0 Å². The Morgan fingerprint density at radius 2 is 1.94 bits per heavy atom. The van der Waals surface area contributed by atoms with E-state index < -0.39 is 0 Å². The first-order chi connectivity index (χ1) is 17.5. The second-order valence-corrected chi connectivity index (χ2v) is 10.8. The molecule has 3 N–H and O–H groups in total. The Bertz CT molecular complexity index is 1080. The number of ketones is 1. The third-order valence-corrected chi connectivity index (χ3v) is 8.31. The van der Waals surface area contributed by atoms with E-state index in [4.69, 9.17) is 16.3 Å². The minimum Gasteiger partial charge on any atom is -0.378 e. The molecule has 3 atom stereocenters. The Morgan fingerprint density at radius 1 is 1.14 bits per heavy atom. The van der Waals surface area contributed by atoms with Crippen LogP contribution >= 0.6 is 23.4 Å². The molecule has 0 aliphatic carbocycles. The molecule has 3 aliphatic heterocycles. The highest BCUT2D eigenvalue weighted by molar-refractivity contribution is 8.00. The van der Waals surface area contributed by atoms with Crippen molar-refractivity contribution in [3.8, 4) is 0 Å². The van der Waals surface area contributed by atoms with Crippen molar-refractivity contribution in [2.45, 2.75) is 49.4 Å². The van der Waals surface area contributed by atoms with Gasteiger partial charge in [0.25, 0.3) is 0 Å². The molecule has 1 aromatic carbocycles. The van der Waals surface area contributed by atoms with E-state index in [9.17, 15) is 9.59 Å². The number of anilines is 3. The zero-order chi connectivity index (χ0) is 24.9. The maximum Gasteiger partial charge on any atom is 0.315 e. The third-order valence-electron chi connectivity index (χ3n) is 6.63. The van der Waals surface area contributed by atoms with Gasteiger partial charge in [-0.3, -0.25) is 4.79 Å². The van der Waals surface area contributed by atoms with Crippen molar-refractivity contribution in [2.24, 2.45) is 0 Å². The van der Waals surface area contributed by atoms with Crippen LogP contribution in [0.4, 0.5) is 22.4 Å². The molecular formula is C24H30ClN7O3S. The van der Waals surface area contributed by atoms with Crippen LogP contribution < -0.4 is 20.9 Å². The second-order valence-electron chi connectivity index (χ2n) is 9.23. The van der Waals surface area contributed by atoms with Gasteiger partial charge in [0.15, 0.2) is 0 Å². The number of Topliss-reactive ketones (excluding diaryl/α,β-unsaturated/α-hetero) is 1. The minimum absolute atomic E-state index is 0.0541. The molecule has 0 saturated carbocycles. The Hall–Kier alpha value is -2.63. The van der Waals surface area contributed by atoms with Crippen LogP contribution in [0.3, 0.4) is 0 Å².